The summed E-state index contributed by atoms with van der Waals surface area (Å²) < 4.78 is 6.20. The number of carbonyl (C=O) groups excluding carboxylic acids is 2. The number of fused-ring (bicyclic) bond motifs is 1. The molecular weight excluding hydrogens is 468 g/mol. The van der Waals surface area contributed by atoms with Crippen LogP contribution < -0.4 is 4.74 Å². The van der Waals surface area contributed by atoms with Gasteiger partial charge in [0.25, 0.3) is 0 Å². The Labute approximate surface area is 218 Å². The standard InChI is InChI=1S/C30H36N2O3S/c1-21(2)24-10-12-25(13-11-24)35-20-27-26-15-17-36-28(26)14-16-31(27)30(34)19-32(22(3)4)29(33)18-23-8-6-5-7-9-23/h5-13,15,17,21-22,27H,14,16,18-20H2,1-4H3. The van der Waals surface area contributed by atoms with Gasteiger partial charge in [0, 0.05) is 17.5 Å². The Balaban J connectivity index is 1.47. The molecule has 0 saturated heterocycles. The third-order valence-electron chi connectivity index (χ3n) is 6.82. The molecule has 0 radical (unpaired) electrons. The molecule has 2 heterocycles. The maximum absolute atomic E-state index is 13.6. The van der Waals surface area contributed by atoms with Crippen LogP contribution >= 0.6 is 11.3 Å². The summed E-state index contributed by atoms with van der Waals surface area (Å²) in [6.07, 6.45) is 1.12. The summed E-state index contributed by atoms with van der Waals surface area (Å²) in [7, 11) is 0. The van der Waals surface area contributed by atoms with Crippen molar-refractivity contribution in [1.29, 1.82) is 0 Å². The predicted molar refractivity (Wildman–Crippen MR) is 145 cm³/mol. The van der Waals surface area contributed by atoms with Crippen molar-refractivity contribution in [2.75, 3.05) is 19.7 Å². The zero-order valence-corrected chi connectivity index (χ0v) is 22.5. The minimum Gasteiger partial charge on any atom is -0.491 e. The highest BCUT2D eigenvalue weighted by Crippen LogP contribution is 2.34. The molecule has 2 amide bonds. The van der Waals surface area contributed by atoms with Gasteiger partial charge in [-0.25, -0.2) is 0 Å². The second kappa shape index (κ2) is 11.7. The van der Waals surface area contributed by atoms with Crippen LogP contribution in [0, 0.1) is 0 Å². The van der Waals surface area contributed by atoms with Crippen LogP contribution in [0.2, 0.25) is 0 Å². The van der Waals surface area contributed by atoms with E-state index in [0.29, 0.717) is 25.5 Å². The predicted octanol–water partition coefficient (Wildman–Crippen LogP) is 5.86. The first-order valence-corrected chi connectivity index (χ1v) is 13.6. The molecule has 3 aromatic rings. The maximum atomic E-state index is 13.6. The fraction of sp³-hybridized carbons (Fsp3) is 0.400. The van der Waals surface area contributed by atoms with Crippen molar-refractivity contribution in [3.63, 3.8) is 0 Å². The topological polar surface area (TPSA) is 49.9 Å². The average Bonchev–Trinajstić information content (AvgIpc) is 3.35. The molecule has 2 aromatic carbocycles. The van der Waals surface area contributed by atoms with E-state index in [2.05, 4.69) is 37.4 Å². The first kappa shape index (κ1) is 26.0. The molecule has 190 valence electrons. The van der Waals surface area contributed by atoms with Crippen molar-refractivity contribution in [2.45, 2.75) is 58.5 Å². The normalized spacial score (nSPS) is 15.2. The van der Waals surface area contributed by atoms with Crippen LogP contribution in [-0.2, 0) is 22.4 Å². The van der Waals surface area contributed by atoms with Crippen LogP contribution in [0.5, 0.6) is 5.75 Å². The molecule has 0 saturated carbocycles. The van der Waals surface area contributed by atoms with Crippen LogP contribution in [0.1, 0.15) is 61.2 Å². The van der Waals surface area contributed by atoms with Gasteiger partial charge in [-0.15, -0.1) is 11.3 Å². The van der Waals surface area contributed by atoms with Gasteiger partial charge in [-0.05, 0) is 66.5 Å². The van der Waals surface area contributed by atoms with Crippen LogP contribution in [-0.4, -0.2) is 47.4 Å². The summed E-state index contributed by atoms with van der Waals surface area (Å²) in [5.74, 6) is 1.20. The average molecular weight is 505 g/mol. The molecule has 5 nitrogen and oxygen atoms in total. The zero-order chi connectivity index (χ0) is 25.7. The van der Waals surface area contributed by atoms with Crippen LogP contribution in [0.3, 0.4) is 0 Å². The van der Waals surface area contributed by atoms with Crippen LogP contribution in [0.15, 0.2) is 66.0 Å². The number of thiophene rings is 1. The van der Waals surface area contributed by atoms with E-state index in [1.165, 1.54) is 10.4 Å². The summed E-state index contributed by atoms with van der Waals surface area (Å²) in [6, 6.07) is 19.8. The lowest BCUT2D eigenvalue weighted by Crippen LogP contribution is -2.49. The Kier molecular flexibility index (Phi) is 8.47. The van der Waals surface area contributed by atoms with Crippen molar-refractivity contribution in [1.82, 2.24) is 9.80 Å². The molecule has 0 spiro atoms. The molecule has 4 rings (SSSR count). The molecule has 6 heteroatoms. The summed E-state index contributed by atoms with van der Waals surface area (Å²) in [5, 5.41) is 2.09. The lowest BCUT2D eigenvalue weighted by molar-refractivity contribution is -0.143. The van der Waals surface area contributed by atoms with Crippen molar-refractivity contribution >= 4 is 23.2 Å². The number of ether oxygens (including phenoxy) is 1. The third-order valence-corrected chi connectivity index (χ3v) is 7.81. The molecule has 1 atom stereocenters. The highest BCUT2D eigenvalue weighted by atomic mass is 32.1. The summed E-state index contributed by atoms with van der Waals surface area (Å²) in [5.41, 5.74) is 3.38. The largest absolute Gasteiger partial charge is 0.491 e. The second-order valence-electron chi connectivity index (χ2n) is 9.96. The first-order valence-electron chi connectivity index (χ1n) is 12.8. The number of hydrogen-bond donors (Lipinski definition) is 0. The van der Waals surface area contributed by atoms with E-state index in [9.17, 15) is 9.59 Å². The molecule has 0 fully saturated rings. The van der Waals surface area contributed by atoms with E-state index in [4.69, 9.17) is 4.74 Å². The van der Waals surface area contributed by atoms with Crippen molar-refractivity contribution in [3.8, 4) is 5.75 Å². The number of amides is 2. The van der Waals surface area contributed by atoms with Gasteiger partial charge < -0.3 is 14.5 Å². The maximum Gasteiger partial charge on any atom is 0.242 e. The third kappa shape index (κ3) is 6.16. The molecular formula is C30H36N2O3S. The Hall–Kier alpha value is -3.12. The van der Waals surface area contributed by atoms with Crippen molar-refractivity contribution in [3.05, 3.63) is 87.6 Å². The van der Waals surface area contributed by atoms with E-state index in [0.717, 1.165) is 23.3 Å². The van der Waals surface area contributed by atoms with Gasteiger partial charge in [-0.3, -0.25) is 9.59 Å². The van der Waals surface area contributed by atoms with Gasteiger partial charge in [-0.1, -0.05) is 56.3 Å². The fourth-order valence-electron chi connectivity index (χ4n) is 4.67. The highest BCUT2D eigenvalue weighted by Gasteiger charge is 2.34. The molecule has 0 N–H and O–H groups in total. The number of rotatable bonds is 9. The summed E-state index contributed by atoms with van der Waals surface area (Å²) in [4.78, 5) is 31.7. The monoisotopic (exact) mass is 504 g/mol. The van der Waals surface area contributed by atoms with Crippen molar-refractivity contribution in [2.24, 2.45) is 0 Å². The quantitative estimate of drug-likeness (QED) is 0.367. The Morgan fingerprint density at radius 2 is 1.75 bits per heavy atom. The lowest BCUT2D eigenvalue weighted by atomic mass is 10.00. The van der Waals surface area contributed by atoms with E-state index in [1.807, 2.05) is 61.2 Å². The van der Waals surface area contributed by atoms with Gasteiger partial charge in [0.05, 0.1) is 12.5 Å². The minimum atomic E-state index is -0.171. The van der Waals surface area contributed by atoms with Gasteiger partial charge in [0.15, 0.2) is 0 Å². The molecule has 1 aromatic heterocycles. The fourth-order valence-corrected chi connectivity index (χ4v) is 5.59. The molecule has 1 aliphatic rings. The zero-order valence-electron chi connectivity index (χ0n) is 21.6. The number of nitrogens with zero attached hydrogens (tertiary/aromatic N) is 2. The molecule has 36 heavy (non-hydrogen) atoms. The smallest absolute Gasteiger partial charge is 0.242 e. The van der Waals surface area contributed by atoms with Gasteiger partial charge in [-0.2, -0.15) is 0 Å². The summed E-state index contributed by atoms with van der Waals surface area (Å²) in [6.45, 7) is 9.36. The van der Waals surface area contributed by atoms with E-state index in [-0.39, 0.29) is 30.4 Å². The molecule has 1 unspecified atom stereocenters. The molecule has 0 aliphatic carbocycles. The highest BCUT2D eigenvalue weighted by molar-refractivity contribution is 7.10. The first-order chi connectivity index (χ1) is 17.3. The van der Waals surface area contributed by atoms with E-state index < -0.39 is 0 Å². The number of hydrogen-bond acceptors (Lipinski definition) is 4. The SMILES string of the molecule is CC(C)c1ccc(OCC2c3ccsc3CCN2C(=O)CN(C(=O)Cc2ccccc2)C(C)C)cc1. The Morgan fingerprint density at radius 1 is 1.03 bits per heavy atom. The second-order valence-corrected chi connectivity index (χ2v) is 11.0. The Morgan fingerprint density at radius 3 is 2.42 bits per heavy atom. The van der Waals surface area contributed by atoms with Gasteiger partial charge in [0.2, 0.25) is 11.8 Å². The van der Waals surface area contributed by atoms with Crippen molar-refractivity contribution < 1.29 is 14.3 Å². The molecule has 0 bridgehead atoms. The van der Waals surface area contributed by atoms with Gasteiger partial charge >= 0.3 is 0 Å². The van der Waals surface area contributed by atoms with E-state index in [1.54, 1.807) is 16.2 Å². The Bertz CT molecular complexity index is 1150. The van der Waals surface area contributed by atoms with E-state index >= 15 is 0 Å². The van der Waals surface area contributed by atoms with Crippen LogP contribution in [0.25, 0.3) is 0 Å². The summed E-state index contributed by atoms with van der Waals surface area (Å²) >= 11 is 1.74. The minimum absolute atomic E-state index is 0.0316. The number of benzene rings is 2. The van der Waals surface area contributed by atoms with Gasteiger partial charge in [0.1, 0.15) is 18.9 Å². The van der Waals surface area contributed by atoms with Crippen LogP contribution in [0.4, 0.5) is 0 Å². The lowest BCUT2D eigenvalue weighted by Gasteiger charge is -2.37. The molecule has 1 aliphatic heterocycles. The number of carbonyl (C=O) groups is 2.